The van der Waals surface area contributed by atoms with E-state index < -0.39 is 0 Å². The van der Waals surface area contributed by atoms with Gasteiger partial charge in [0.15, 0.2) is 0 Å². The lowest BCUT2D eigenvalue weighted by molar-refractivity contribution is 0.340. The second-order valence-corrected chi connectivity index (χ2v) is 4.89. The lowest BCUT2D eigenvalue weighted by Crippen LogP contribution is -2.22. The highest BCUT2D eigenvalue weighted by atomic mass is 35.5. The van der Waals surface area contributed by atoms with Gasteiger partial charge in [-0.1, -0.05) is 11.6 Å². The number of ether oxygens (including phenoxy) is 1. The predicted octanol–water partition coefficient (Wildman–Crippen LogP) is 2.54. The number of halogens is 1. The quantitative estimate of drug-likeness (QED) is 0.693. The SMILES string of the molecule is CCOc1ccc(/C=N\n2c(=S)[nH]nc(C)c2=O)cc1Cl. The molecular weight excluding hydrogens is 312 g/mol. The molecule has 0 saturated carbocycles. The van der Waals surface area contributed by atoms with E-state index in [1.54, 1.807) is 25.1 Å². The third kappa shape index (κ3) is 3.56. The number of benzene rings is 1. The zero-order valence-corrected chi connectivity index (χ0v) is 13.0. The molecule has 0 aliphatic heterocycles. The number of aromatic amines is 1. The van der Waals surface area contributed by atoms with E-state index in [0.29, 0.717) is 17.4 Å². The molecule has 0 aliphatic rings. The average Bonchev–Trinajstić information content (AvgIpc) is 2.46. The monoisotopic (exact) mass is 324 g/mol. The molecule has 2 aromatic rings. The van der Waals surface area contributed by atoms with Gasteiger partial charge < -0.3 is 4.74 Å². The van der Waals surface area contributed by atoms with Crippen molar-refractivity contribution in [1.29, 1.82) is 0 Å². The number of hydrogen-bond donors (Lipinski definition) is 1. The maximum Gasteiger partial charge on any atom is 0.296 e. The summed E-state index contributed by atoms with van der Waals surface area (Å²) in [6.45, 7) is 3.99. The summed E-state index contributed by atoms with van der Waals surface area (Å²) in [5, 5.41) is 10.9. The maximum atomic E-state index is 11.9. The molecule has 1 aromatic carbocycles. The fraction of sp³-hybridized carbons (Fsp3) is 0.231. The van der Waals surface area contributed by atoms with E-state index in [0.717, 1.165) is 10.2 Å². The van der Waals surface area contributed by atoms with Crippen LogP contribution in [0, 0.1) is 11.7 Å². The van der Waals surface area contributed by atoms with Gasteiger partial charge in [-0.05, 0) is 49.8 Å². The maximum absolute atomic E-state index is 11.9. The Morgan fingerprint density at radius 1 is 1.57 bits per heavy atom. The second kappa shape index (κ2) is 6.64. The van der Waals surface area contributed by atoms with Crippen molar-refractivity contribution >= 4 is 30.0 Å². The van der Waals surface area contributed by atoms with Gasteiger partial charge in [-0.3, -0.25) is 9.89 Å². The standard InChI is InChI=1S/C13H13ClN4O2S/c1-3-20-11-5-4-9(6-10(11)14)7-15-18-12(19)8(2)16-17-13(18)21/h4-7H,3H2,1-2H3,(H,17,21)/b15-7-. The smallest absolute Gasteiger partial charge is 0.296 e. The van der Waals surface area contributed by atoms with E-state index in [-0.39, 0.29) is 16.0 Å². The van der Waals surface area contributed by atoms with Gasteiger partial charge in [-0.2, -0.15) is 14.9 Å². The van der Waals surface area contributed by atoms with Crippen LogP contribution in [0.25, 0.3) is 0 Å². The number of H-pyrrole nitrogens is 1. The molecule has 2 rings (SSSR count). The molecule has 8 heteroatoms. The van der Waals surface area contributed by atoms with E-state index in [4.69, 9.17) is 28.6 Å². The lowest BCUT2D eigenvalue weighted by atomic mass is 10.2. The molecule has 0 bridgehead atoms. The zero-order chi connectivity index (χ0) is 15.4. The Morgan fingerprint density at radius 2 is 2.33 bits per heavy atom. The summed E-state index contributed by atoms with van der Waals surface area (Å²) in [4.78, 5) is 11.9. The fourth-order valence-corrected chi connectivity index (χ4v) is 1.99. The molecule has 0 unspecified atom stereocenters. The lowest BCUT2D eigenvalue weighted by Gasteiger charge is -2.05. The molecule has 0 saturated heterocycles. The number of nitrogens with one attached hydrogen (secondary N) is 1. The van der Waals surface area contributed by atoms with Gasteiger partial charge in [-0.25, -0.2) is 0 Å². The van der Waals surface area contributed by atoms with Crippen LogP contribution in [-0.4, -0.2) is 27.7 Å². The van der Waals surface area contributed by atoms with Crippen molar-refractivity contribution in [3.8, 4) is 5.75 Å². The minimum Gasteiger partial charge on any atom is -0.492 e. The molecule has 0 fully saturated rings. The number of hydrogen-bond acceptors (Lipinski definition) is 5. The van der Waals surface area contributed by atoms with E-state index >= 15 is 0 Å². The Kier molecular flexibility index (Phi) is 4.87. The molecule has 1 heterocycles. The minimum atomic E-state index is -0.368. The summed E-state index contributed by atoms with van der Waals surface area (Å²) in [5.41, 5.74) is 0.636. The van der Waals surface area contributed by atoms with Crippen molar-refractivity contribution in [2.24, 2.45) is 5.10 Å². The Morgan fingerprint density at radius 3 is 3.00 bits per heavy atom. The molecule has 0 amide bonds. The first-order valence-electron chi connectivity index (χ1n) is 6.18. The second-order valence-electron chi connectivity index (χ2n) is 4.10. The highest BCUT2D eigenvalue weighted by molar-refractivity contribution is 7.71. The molecule has 0 radical (unpaired) electrons. The average molecular weight is 325 g/mol. The number of aryl methyl sites for hydroxylation is 1. The van der Waals surface area contributed by atoms with E-state index in [1.807, 2.05) is 6.92 Å². The van der Waals surface area contributed by atoms with E-state index in [1.165, 1.54) is 6.21 Å². The normalized spacial score (nSPS) is 11.0. The van der Waals surface area contributed by atoms with Crippen LogP contribution in [0.4, 0.5) is 0 Å². The van der Waals surface area contributed by atoms with Gasteiger partial charge in [0.05, 0.1) is 17.8 Å². The molecule has 21 heavy (non-hydrogen) atoms. The number of rotatable bonds is 4. The first-order valence-corrected chi connectivity index (χ1v) is 6.96. The molecule has 0 spiro atoms. The van der Waals surface area contributed by atoms with Crippen LogP contribution >= 0.6 is 23.8 Å². The molecule has 110 valence electrons. The zero-order valence-electron chi connectivity index (χ0n) is 11.5. The van der Waals surface area contributed by atoms with Crippen molar-refractivity contribution in [2.45, 2.75) is 13.8 Å². The van der Waals surface area contributed by atoms with Crippen molar-refractivity contribution in [3.05, 3.63) is 49.6 Å². The van der Waals surface area contributed by atoms with Gasteiger partial charge in [0.1, 0.15) is 11.4 Å². The third-order valence-electron chi connectivity index (χ3n) is 2.59. The molecule has 1 N–H and O–H groups in total. The van der Waals surface area contributed by atoms with Crippen LogP contribution in [0.5, 0.6) is 5.75 Å². The minimum absolute atomic E-state index is 0.124. The largest absolute Gasteiger partial charge is 0.492 e. The van der Waals surface area contributed by atoms with Gasteiger partial charge in [0.2, 0.25) is 4.77 Å². The third-order valence-corrected chi connectivity index (χ3v) is 3.15. The summed E-state index contributed by atoms with van der Waals surface area (Å²) in [5.74, 6) is 0.602. The number of nitrogens with zero attached hydrogens (tertiary/aromatic N) is 3. The Bertz CT molecular complexity index is 797. The summed E-state index contributed by atoms with van der Waals surface area (Å²) < 4.78 is 6.54. The Hall–Kier alpha value is -1.99. The molecule has 6 nitrogen and oxygen atoms in total. The Labute approximate surface area is 131 Å². The first-order chi connectivity index (χ1) is 10.0. The Balaban J connectivity index is 2.35. The van der Waals surface area contributed by atoms with Crippen LogP contribution in [0.1, 0.15) is 18.2 Å². The summed E-state index contributed by atoms with van der Waals surface area (Å²) in [7, 11) is 0. The fourth-order valence-electron chi connectivity index (χ4n) is 1.57. The first kappa shape index (κ1) is 15.4. The van der Waals surface area contributed by atoms with Gasteiger partial charge in [0, 0.05) is 0 Å². The molecule has 0 atom stereocenters. The van der Waals surface area contributed by atoms with Crippen LogP contribution < -0.4 is 10.3 Å². The van der Waals surface area contributed by atoms with Gasteiger partial charge in [0.25, 0.3) is 5.56 Å². The summed E-state index contributed by atoms with van der Waals surface area (Å²) >= 11 is 11.1. The number of aromatic nitrogens is 3. The highest BCUT2D eigenvalue weighted by Crippen LogP contribution is 2.24. The molecular formula is C13H13ClN4O2S. The molecule has 0 aliphatic carbocycles. The van der Waals surface area contributed by atoms with Crippen molar-refractivity contribution in [1.82, 2.24) is 14.9 Å². The van der Waals surface area contributed by atoms with Crippen LogP contribution in [0.3, 0.4) is 0 Å². The van der Waals surface area contributed by atoms with Crippen LogP contribution in [-0.2, 0) is 0 Å². The topological polar surface area (TPSA) is 72.3 Å². The van der Waals surface area contributed by atoms with Crippen LogP contribution in [0.15, 0.2) is 28.1 Å². The summed E-state index contributed by atoms with van der Waals surface area (Å²) in [6, 6.07) is 5.22. The highest BCUT2D eigenvalue weighted by Gasteiger charge is 2.03. The van der Waals surface area contributed by atoms with Crippen molar-refractivity contribution < 1.29 is 4.74 Å². The van der Waals surface area contributed by atoms with Gasteiger partial charge in [-0.15, -0.1) is 0 Å². The van der Waals surface area contributed by atoms with Gasteiger partial charge >= 0.3 is 0 Å². The predicted molar refractivity (Wildman–Crippen MR) is 84.0 cm³/mol. The van der Waals surface area contributed by atoms with Crippen molar-refractivity contribution in [3.63, 3.8) is 0 Å². The summed E-state index contributed by atoms with van der Waals surface area (Å²) in [6.07, 6.45) is 1.49. The molecule has 1 aromatic heterocycles. The van der Waals surface area contributed by atoms with Crippen LogP contribution in [0.2, 0.25) is 5.02 Å². The van der Waals surface area contributed by atoms with Crippen molar-refractivity contribution in [2.75, 3.05) is 6.61 Å². The van der Waals surface area contributed by atoms with E-state index in [2.05, 4.69) is 15.3 Å². The van der Waals surface area contributed by atoms with E-state index in [9.17, 15) is 4.79 Å².